The van der Waals surface area contributed by atoms with Gasteiger partial charge < -0.3 is 10.6 Å². The highest BCUT2D eigenvalue weighted by atomic mass is 19.1. The van der Waals surface area contributed by atoms with E-state index >= 15 is 0 Å². The Balaban J connectivity index is 1.48. The Bertz CT molecular complexity index is 1130. The van der Waals surface area contributed by atoms with Crippen molar-refractivity contribution in [2.45, 2.75) is 32.4 Å². The Kier molecular flexibility index (Phi) is 6.45. The highest BCUT2D eigenvalue weighted by Crippen LogP contribution is 2.25. The van der Waals surface area contributed by atoms with Gasteiger partial charge in [0.15, 0.2) is 5.78 Å². The van der Waals surface area contributed by atoms with Crippen molar-refractivity contribution in [1.82, 2.24) is 5.32 Å². The first-order chi connectivity index (χ1) is 15.5. The lowest BCUT2D eigenvalue weighted by Gasteiger charge is -2.11. The van der Waals surface area contributed by atoms with E-state index in [2.05, 4.69) is 10.6 Å². The average Bonchev–Trinajstić information content (AvgIpc) is 3.62. The molecule has 3 aromatic carbocycles. The van der Waals surface area contributed by atoms with Gasteiger partial charge in [0.1, 0.15) is 5.82 Å². The van der Waals surface area contributed by atoms with Crippen molar-refractivity contribution in [1.29, 1.82) is 0 Å². The second-order valence-corrected chi connectivity index (χ2v) is 8.04. The molecule has 162 valence electrons. The lowest BCUT2D eigenvalue weighted by Crippen LogP contribution is -2.26. The highest BCUT2D eigenvalue weighted by molar-refractivity contribution is 6.24. The summed E-state index contributed by atoms with van der Waals surface area (Å²) in [6, 6.07) is 21.5. The quantitative estimate of drug-likeness (QED) is 0.285. The SMILES string of the molecule is CC(=O)c1ccc(CNc2ccc(/C(=C\c3ccc(F)cc3)C(=O)NC3CC3)cc2)cc1. The number of rotatable bonds is 8. The van der Waals surface area contributed by atoms with E-state index in [9.17, 15) is 14.0 Å². The maximum atomic E-state index is 13.3. The number of halogens is 1. The standard InChI is InChI=1S/C27H25FN2O2/c1-18(31)21-6-2-20(3-7-21)17-29-24-12-8-22(9-13-24)26(27(32)30-25-14-15-25)16-19-4-10-23(28)11-5-19/h2-13,16,25,29H,14-15,17H2,1H3,(H,30,32)/b26-16+. The maximum absolute atomic E-state index is 13.3. The number of nitrogens with one attached hydrogen (secondary N) is 2. The third-order valence-electron chi connectivity index (χ3n) is 5.39. The number of Topliss-reactive ketones (excluding diaryl/α,β-unsaturated/α-hetero) is 1. The zero-order chi connectivity index (χ0) is 22.5. The number of benzene rings is 3. The van der Waals surface area contributed by atoms with Crippen LogP contribution in [0.2, 0.25) is 0 Å². The minimum absolute atomic E-state index is 0.0512. The van der Waals surface area contributed by atoms with E-state index in [0.29, 0.717) is 17.7 Å². The molecule has 4 nitrogen and oxygen atoms in total. The van der Waals surface area contributed by atoms with Gasteiger partial charge in [0.2, 0.25) is 0 Å². The second-order valence-electron chi connectivity index (χ2n) is 8.04. The summed E-state index contributed by atoms with van der Waals surface area (Å²) in [5.74, 6) is -0.379. The van der Waals surface area contributed by atoms with Crippen molar-refractivity contribution >= 4 is 29.0 Å². The first kappa shape index (κ1) is 21.5. The summed E-state index contributed by atoms with van der Waals surface area (Å²) in [5, 5.41) is 6.39. The van der Waals surface area contributed by atoms with Crippen molar-refractivity contribution in [3.8, 4) is 0 Å². The van der Waals surface area contributed by atoms with Gasteiger partial charge in [0, 0.05) is 29.4 Å². The first-order valence-electron chi connectivity index (χ1n) is 10.7. The molecule has 1 amide bonds. The van der Waals surface area contributed by atoms with Crippen LogP contribution in [0.15, 0.2) is 72.8 Å². The Labute approximate surface area is 187 Å². The maximum Gasteiger partial charge on any atom is 0.252 e. The summed E-state index contributed by atoms with van der Waals surface area (Å²) in [5.41, 5.74) is 4.80. The third-order valence-corrected chi connectivity index (χ3v) is 5.39. The first-order valence-corrected chi connectivity index (χ1v) is 10.7. The van der Waals surface area contributed by atoms with E-state index in [0.717, 1.165) is 35.2 Å². The molecule has 0 unspecified atom stereocenters. The number of ketones is 1. The van der Waals surface area contributed by atoms with Crippen LogP contribution in [0.25, 0.3) is 11.6 Å². The lowest BCUT2D eigenvalue weighted by molar-refractivity contribution is -0.115. The fourth-order valence-corrected chi connectivity index (χ4v) is 3.33. The minimum Gasteiger partial charge on any atom is -0.381 e. The number of hydrogen-bond donors (Lipinski definition) is 2. The molecule has 0 aromatic heterocycles. The van der Waals surface area contributed by atoms with E-state index in [1.165, 1.54) is 12.1 Å². The third kappa shape index (κ3) is 5.70. The van der Waals surface area contributed by atoms with Crippen molar-refractivity contribution in [2.24, 2.45) is 0 Å². The normalized spacial score (nSPS) is 13.5. The summed E-state index contributed by atoms with van der Waals surface area (Å²) >= 11 is 0. The number of anilines is 1. The lowest BCUT2D eigenvalue weighted by atomic mass is 10.0. The molecule has 0 spiro atoms. The molecule has 0 radical (unpaired) electrons. The van der Waals surface area contributed by atoms with Gasteiger partial charge in [-0.2, -0.15) is 0 Å². The predicted molar refractivity (Wildman–Crippen MR) is 126 cm³/mol. The van der Waals surface area contributed by atoms with E-state index in [4.69, 9.17) is 0 Å². The van der Waals surface area contributed by atoms with Gasteiger partial charge in [0.25, 0.3) is 5.91 Å². The minimum atomic E-state index is -0.308. The zero-order valence-electron chi connectivity index (χ0n) is 17.9. The largest absolute Gasteiger partial charge is 0.381 e. The van der Waals surface area contributed by atoms with E-state index in [1.807, 2.05) is 48.5 Å². The van der Waals surface area contributed by atoms with Crippen molar-refractivity contribution in [2.75, 3.05) is 5.32 Å². The molecule has 0 saturated heterocycles. The van der Waals surface area contributed by atoms with Crippen LogP contribution in [0.3, 0.4) is 0 Å². The summed E-state index contributed by atoms with van der Waals surface area (Å²) < 4.78 is 13.3. The monoisotopic (exact) mass is 428 g/mol. The number of carbonyl (C=O) groups excluding carboxylic acids is 2. The summed E-state index contributed by atoms with van der Waals surface area (Å²) in [6.45, 7) is 2.18. The van der Waals surface area contributed by atoms with Crippen LogP contribution in [0, 0.1) is 5.82 Å². The topological polar surface area (TPSA) is 58.2 Å². The van der Waals surface area contributed by atoms with Crippen LogP contribution >= 0.6 is 0 Å². The summed E-state index contributed by atoms with van der Waals surface area (Å²) in [4.78, 5) is 24.2. The van der Waals surface area contributed by atoms with Gasteiger partial charge in [-0.15, -0.1) is 0 Å². The molecule has 0 heterocycles. The molecule has 0 atom stereocenters. The van der Waals surface area contributed by atoms with Gasteiger partial charge in [0.05, 0.1) is 0 Å². The van der Waals surface area contributed by atoms with Crippen LogP contribution < -0.4 is 10.6 Å². The average molecular weight is 429 g/mol. The smallest absolute Gasteiger partial charge is 0.252 e. The Morgan fingerprint density at radius 2 is 1.53 bits per heavy atom. The second kappa shape index (κ2) is 9.60. The van der Waals surface area contributed by atoms with Crippen molar-refractivity contribution in [3.63, 3.8) is 0 Å². The van der Waals surface area contributed by atoms with E-state index in [1.54, 1.807) is 25.1 Å². The molecule has 3 aromatic rings. The summed E-state index contributed by atoms with van der Waals surface area (Å²) in [7, 11) is 0. The fourth-order valence-electron chi connectivity index (χ4n) is 3.33. The molecule has 5 heteroatoms. The van der Waals surface area contributed by atoms with Crippen LogP contribution in [-0.2, 0) is 11.3 Å². The fraction of sp³-hybridized carbons (Fsp3) is 0.185. The zero-order valence-corrected chi connectivity index (χ0v) is 17.9. The van der Waals surface area contributed by atoms with Crippen LogP contribution in [0.1, 0.15) is 46.8 Å². The molecule has 0 aliphatic heterocycles. The Morgan fingerprint density at radius 3 is 2.12 bits per heavy atom. The molecule has 1 saturated carbocycles. The highest BCUT2D eigenvalue weighted by Gasteiger charge is 2.25. The molecule has 0 bridgehead atoms. The molecule has 2 N–H and O–H groups in total. The molecule has 32 heavy (non-hydrogen) atoms. The Morgan fingerprint density at radius 1 is 0.906 bits per heavy atom. The number of carbonyl (C=O) groups is 2. The number of hydrogen-bond acceptors (Lipinski definition) is 3. The van der Waals surface area contributed by atoms with Gasteiger partial charge in [-0.25, -0.2) is 4.39 Å². The molecule has 1 aliphatic rings. The van der Waals surface area contributed by atoms with Crippen LogP contribution in [-0.4, -0.2) is 17.7 Å². The molecule has 1 fully saturated rings. The van der Waals surface area contributed by atoms with Crippen molar-refractivity contribution in [3.05, 3.63) is 101 Å². The van der Waals surface area contributed by atoms with Crippen LogP contribution in [0.5, 0.6) is 0 Å². The van der Waals surface area contributed by atoms with Crippen molar-refractivity contribution < 1.29 is 14.0 Å². The van der Waals surface area contributed by atoms with Gasteiger partial charge in [-0.1, -0.05) is 48.5 Å². The molecule has 1 aliphatic carbocycles. The van der Waals surface area contributed by atoms with E-state index < -0.39 is 0 Å². The van der Waals surface area contributed by atoms with Gasteiger partial charge in [-0.05, 0) is 66.8 Å². The predicted octanol–water partition coefficient (Wildman–Crippen LogP) is 5.46. The van der Waals surface area contributed by atoms with Crippen LogP contribution in [0.4, 0.5) is 10.1 Å². The molecule has 4 rings (SSSR count). The Hall–Kier alpha value is -3.73. The van der Waals surface area contributed by atoms with Gasteiger partial charge >= 0.3 is 0 Å². The molecular weight excluding hydrogens is 403 g/mol. The van der Waals surface area contributed by atoms with E-state index in [-0.39, 0.29) is 23.5 Å². The molecular formula is C27H25FN2O2. The summed E-state index contributed by atoms with van der Waals surface area (Å²) in [6.07, 6.45) is 3.80. The number of amides is 1. The van der Waals surface area contributed by atoms with Gasteiger partial charge in [-0.3, -0.25) is 9.59 Å².